The molecule has 0 radical (unpaired) electrons. The Morgan fingerprint density at radius 3 is 2.41 bits per heavy atom. The summed E-state index contributed by atoms with van der Waals surface area (Å²) < 4.78 is 4.92. The SMILES string of the molecule is CCOC(=O)c1c(NC(=O)C=CC(=O)O)sc(C(C)=O)c1C. The predicted molar refractivity (Wildman–Crippen MR) is 80.4 cm³/mol. The number of carbonyl (C=O) groups excluding carboxylic acids is 3. The Morgan fingerprint density at radius 1 is 1.27 bits per heavy atom. The zero-order valence-corrected chi connectivity index (χ0v) is 13.1. The lowest BCUT2D eigenvalue weighted by molar-refractivity contribution is -0.131. The summed E-state index contributed by atoms with van der Waals surface area (Å²) in [6.45, 7) is 4.72. The molecule has 0 aliphatic rings. The van der Waals surface area contributed by atoms with E-state index in [1.807, 2.05) is 0 Å². The third-order valence-electron chi connectivity index (χ3n) is 2.56. The van der Waals surface area contributed by atoms with Crippen molar-refractivity contribution in [2.24, 2.45) is 0 Å². The number of carboxylic acids is 1. The first kappa shape index (κ1) is 17.6. The van der Waals surface area contributed by atoms with E-state index in [9.17, 15) is 19.2 Å². The number of hydrogen-bond donors (Lipinski definition) is 2. The molecule has 118 valence electrons. The van der Waals surface area contributed by atoms with E-state index in [1.165, 1.54) is 6.92 Å². The van der Waals surface area contributed by atoms with Gasteiger partial charge < -0.3 is 15.2 Å². The summed E-state index contributed by atoms with van der Waals surface area (Å²) >= 11 is 0.947. The summed E-state index contributed by atoms with van der Waals surface area (Å²) in [6, 6.07) is 0. The number of aliphatic carboxylic acids is 1. The van der Waals surface area contributed by atoms with E-state index in [0.717, 1.165) is 17.4 Å². The molecule has 2 N–H and O–H groups in total. The Kier molecular flexibility index (Phi) is 6.00. The topological polar surface area (TPSA) is 110 Å². The van der Waals surface area contributed by atoms with Crippen LogP contribution in [0.3, 0.4) is 0 Å². The molecule has 0 aliphatic heterocycles. The monoisotopic (exact) mass is 325 g/mol. The number of carbonyl (C=O) groups is 4. The minimum absolute atomic E-state index is 0.106. The van der Waals surface area contributed by atoms with E-state index >= 15 is 0 Å². The van der Waals surface area contributed by atoms with Crippen molar-refractivity contribution in [1.29, 1.82) is 0 Å². The quantitative estimate of drug-likeness (QED) is 0.470. The highest BCUT2D eigenvalue weighted by Crippen LogP contribution is 2.34. The van der Waals surface area contributed by atoms with Crippen molar-refractivity contribution in [1.82, 2.24) is 0 Å². The van der Waals surface area contributed by atoms with Gasteiger partial charge in [-0.1, -0.05) is 0 Å². The fourth-order valence-corrected chi connectivity index (χ4v) is 2.78. The Labute approximate surface area is 130 Å². The van der Waals surface area contributed by atoms with Crippen LogP contribution in [0.4, 0.5) is 5.00 Å². The van der Waals surface area contributed by atoms with E-state index in [0.29, 0.717) is 16.5 Å². The molecule has 0 saturated carbocycles. The summed E-state index contributed by atoms with van der Waals surface area (Å²) in [5.74, 6) is -2.88. The van der Waals surface area contributed by atoms with Crippen molar-refractivity contribution in [3.63, 3.8) is 0 Å². The van der Waals surface area contributed by atoms with Gasteiger partial charge in [-0.25, -0.2) is 9.59 Å². The zero-order chi connectivity index (χ0) is 16.9. The summed E-state index contributed by atoms with van der Waals surface area (Å²) in [5.41, 5.74) is 0.530. The number of amides is 1. The fraction of sp³-hybridized carbons (Fsp3) is 0.286. The Bertz CT molecular complexity index is 659. The Balaban J connectivity index is 3.19. The van der Waals surface area contributed by atoms with Gasteiger partial charge in [-0.15, -0.1) is 11.3 Å². The van der Waals surface area contributed by atoms with Crippen molar-refractivity contribution in [2.75, 3.05) is 11.9 Å². The zero-order valence-electron chi connectivity index (χ0n) is 12.3. The number of ketones is 1. The molecule has 22 heavy (non-hydrogen) atoms. The van der Waals surface area contributed by atoms with Gasteiger partial charge in [0, 0.05) is 12.2 Å². The molecule has 0 fully saturated rings. The van der Waals surface area contributed by atoms with Crippen molar-refractivity contribution in [3.8, 4) is 0 Å². The lowest BCUT2D eigenvalue weighted by Gasteiger charge is -2.05. The molecule has 1 aromatic heterocycles. The molecule has 0 aliphatic carbocycles. The van der Waals surface area contributed by atoms with Gasteiger partial charge in [0.15, 0.2) is 5.78 Å². The van der Waals surface area contributed by atoms with Crippen molar-refractivity contribution in [3.05, 3.63) is 28.2 Å². The largest absolute Gasteiger partial charge is 0.478 e. The number of hydrogen-bond acceptors (Lipinski definition) is 6. The molecular formula is C14H15NO6S. The molecule has 1 amide bonds. The van der Waals surface area contributed by atoms with Crippen LogP contribution < -0.4 is 5.32 Å². The van der Waals surface area contributed by atoms with E-state index in [-0.39, 0.29) is 23.0 Å². The van der Waals surface area contributed by atoms with Crippen LogP contribution in [0.5, 0.6) is 0 Å². The van der Waals surface area contributed by atoms with E-state index in [4.69, 9.17) is 9.84 Å². The van der Waals surface area contributed by atoms with Crippen LogP contribution >= 0.6 is 11.3 Å². The van der Waals surface area contributed by atoms with Gasteiger partial charge in [0.25, 0.3) is 0 Å². The average Bonchev–Trinajstić information content (AvgIpc) is 2.73. The van der Waals surface area contributed by atoms with Gasteiger partial charge in [-0.3, -0.25) is 9.59 Å². The van der Waals surface area contributed by atoms with Gasteiger partial charge in [-0.2, -0.15) is 0 Å². The van der Waals surface area contributed by atoms with Crippen LogP contribution in [0.2, 0.25) is 0 Å². The van der Waals surface area contributed by atoms with Gasteiger partial charge >= 0.3 is 11.9 Å². The standard InChI is InChI=1S/C14H15NO6S/c1-4-21-14(20)11-7(2)12(8(3)16)22-13(11)15-9(17)5-6-10(18)19/h5-6H,4H2,1-3H3,(H,15,17)(H,18,19). The molecule has 1 aromatic rings. The van der Waals surface area contributed by atoms with Gasteiger partial charge in [-0.05, 0) is 26.3 Å². The normalized spacial score (nSPS) is 10.5. The molecule has 0 bridgehead atoms. The number of Topliss-reactive ketones (excluding diaryl/α,β-unsaturated/α-hetero) is 1. The maximum atomic E-state index is 12.0. The highest BCUT2D eigenvalue weighted by molar-refractivity contribution is 7.18. The first-order chi connectivity index (χ1) is 10.3. The molecule has 7 nitrogen and oxygen atoms in total. The van der Waals surface area contributed by atoms with Crippen LogP contribution in [0, 0.1) is 6.92 Å². The molecule has 8 heteroatoms. The Morgan fingerprint density at radius 2 is 1.91 bits per heavy atom. The van der Waals surface area contributed by atoms with Crippen molar-refractivity contribution < 1.29 is 29.0 Å². The number of thiophene rings is 1. The van der Waals surface area contributed by atoms with Crippen molar-refractivity contribution in [2.45, 2.75) is 20.8 Å². The van der Waals surface area contributed by atoms with E-state index < -0.39 is 17.8 Å². The lowest BCUT2D eigenvalue weighted by Crippen LogP contribution is -2.13. The summed E-state index contributed by atoms with van der Waals surface area (Å²) in [6.07, 6.45) is 1.49. The second-order valence-corrected chi connectivity index (χ2v) is 5.22. The molecular weight excluding hydrogens is 310 g/mol. The van der Waals surface area contributed by atoms with Crippen LogP contribution in [0.15, 0.2) is 12.2 Å². The molecule has 0 unspecified atom stereocenters. The average molecular weight is 325 g/mol. The van der Waals surface area contributed by atoms with E-state index in [2.05, 4.69) is 5.32 Å². The first-order valence-corrected chi connectivity index (χ1v) is 7.13. The summed E-state index contributed by atoms with van der Waals surface area (Å²) in [4.78, 5) is 45.9. The van der Waals surface area contributed by atoms with Crippen LogP contribution in [0.25, 0.3) is 0 Å². The summed E-state index contributed by atoms with van der Waals surface area (Å²) in [5, 5.41) is 11.0. The maximum absolute atomic E-state index is 12.0. The minimum atomic E-state index is -1.27. The molecule has 0 aromatic carbocycles. The number of carboxylic acid groups (broad SMARTS) is 1. The van der Waals surface area contributed by atoms with Crippen LogP contribution in [0.1, 0.15) is 39.4 Å². The third-order valence-corrected chi connectivity index (χ3v) is 3.87. The molecule has 1 heterocycles. The first-order valence-electron chi connectivity index (χ1n) is 6.31. The fourth-order valence-electron chi connectivity index (χ4n) is 1.69. The summed E-state index contributed by atoms with van der Waals surface area (Å²) in [7, 11) is 0. The lowest BCUT2D eigenvalue weighted by atomic mass is 10.1. The van der Waals surface area contributed by atoms with Gasteiger partial charge in [0.05, 0.1) is 17.0 Å². The molecule has 0 spiro atoms. The third kappa shape index (κ3) is 4.26. The highest BCUT2D eigenvalue weighted by atomic mass is 32.1. The molecule has 0 saturated heterocycles. The van der Waals surface area contributed by atoms with Gasteiger partial charge in [0.1, 0.15) is 5.00 Å². The number of esters is 1. The smallest absolute Gasteiger partial charge is 0.341 e. The maximum Gasteiger partial charge on any atom is 0.341 e. The Hall–Kier alpha value is -2.48. The van der Waals surface area contributed by atoms with E-state index in [1.54, 1.807) is 13.8 Å². The second-order valence-electron chi connectivity index (χ2n) is 4.20. The number of anilines is 1. The predicted octanol–water partition coefficient (Wildman–Crippen LogP) is 2.02. The second kappa shape index (κ2) is 7.51. The van der Waals surface area contributed by atoms with Crippen molar-refractivity contribution >= 4 is 40.0 Å². The van der Waals surface area contributed by atoms with Crippen LogP contribution in [-0.4, -0.2) is 35.3 Å². The number of rotatable bonds is 6. The van der Waals surface area contributed by atoms with Crippen LogP contribution in [-0.2, 0) is 14.3 Å². The minimum Gasteiger partial charge on any atom is -0.478 e. The van der Waals surface area contributed by atoms with Gasteiger partial charge in [0.2, 0.25) is 5.91 Å². The highest BCUT2D eigenvalue weighted by Gasteiger charge is 2.24. The number of nitrogens with one attached hydrogen (secondary N) is 1. The number of ether oxygens (including phenoxy) is 1. The molecule has 0 atom stereocenters. The molecule has 1 rings (SSSR count).